The predicted molar refractivity (Wildman–Crippen MR) is 117 cm³/mol. The van der Waals surface area contributed by atoms with E-state index in [-0.39, 0.29) is 24.2 Å². The first-order valence-corrected chi connectivity index (χ1v) is 10.5. The van der Waals surface area contributed by atoms with Crippen molar-refractivity contribution in [1.29, 1.82) is 0 Å². The Morgan fingerprint density at radius 2 is 1.77 bits per heavy atom. The quantitative estimate of drug-likeness (QED) is 0.604. The van der Waals surface area contributed by atoms with Crippen LogP contribution < -0.4 is 5.32 Å². The lowest BCUT2D eigenvalue weighted by Crippen LogP contribution is -2.36. The summed E-state index contributed by atoms with van der Waals surface area (Å²) in [6, 6.07) is 11.6. The molecule has 30 heavy (non-hydrogen) atoms. The van der Waals surface area contributed by atoms with Crippen molar-refractivity contribution in [1.82, 2.24) is 14.5 Å². The third-order valence-electron chi connectivity index (χ3n) is 4.69. The SMILES string of the molecule is CSc1ncc(C(=O)N(C)CC(=O)Nc2c(C)cccc2C)n1-c1ccc(F)cc1. The first-order valence-electron chi connectivity index (χ1n) is 9.31. The third kappa shape index (κ3) is 4.54. The fourth-order valence-corrected chi connectivity index (χ4v) is 3.69. The largest absolute Gasteiger partial charge is 0.331 e. The molecule has 0 atom stereocenters. The lowest BCUT2D eigenvalue weighted by molar-refractivity contribution is -0.116. The van der Waals surface area contributed by atoms with E-state index in [1.807, 2.05) is 38.3 Å². The van der Waals surface area contributed by atoms with Gasteiger partial charge in [-0.25, -0.2) is 9.37 Å². The normalized spacial score (nSPS) is 10.7. The number of carbonyl (C=O) groups is 2. The standard InChI is InChI=1S/C22H23FN4O2S/c1-14-6-5-7-15(2)20(14)25-19(28)13-26(3)21(29)18-12-24-22(30-4)27(18)17-10-8-16(23)9-11-17/h5-12H,13H2,1-4H3,(H,25,28). The molecule has 6 nitrogen and oxygen atoms in total. The van der Waals surface area contributed by atoms with Crippen molar-refractivity contribution in [3.63, 3.8) is 0 Å². The van der Waals surface area contributed by atoms with E-state index in [4.69, 9.17) is 0 Å². The van der Waals surface area contributed by atoms with Gasteiger partial charge in [-0.2, -0.15) is 0 Å². The zero-order valence-electron chi connectivity index (χ0n) is 17.3. The number of hydrogen-bond acceptors (Lipinski definition) is 4. The van der Waals surface area contributed by atoms with Crippen molar-refractivity contribution in [2.24, 2.45) is 0 Å². The fourth-order valence-electron chi connectivity index (χ4n) is 3.14. The van der Waals surface area contributed by atoms with E-state index in [2.05, 4.69) is 10.3 Å². The number of nitrogens with zero attached hydrogens (tertiary/aromatic N) is 3. The number of likely N-dealkylation sites (N-methyl/N-ethyl adjacent to an activating group) is 1. The number of carbonyl (C=O) groups excluding carboxylic acids is 2. The van der Waals surface area contributed by atoms with Gasteiger partial charge in [0.2, 0.25) is 5.91 Å². The smallest absolute Gasteiger partial charge is 0.272 e. The monoisotopic (exact) mass is 426 g/mol. The molecule has 0 saturated carbocycles. The van der Waals surface area contributed by atoms with Crippen molar-refractivity contribution < 1.29 is 14.0 Å². The average molecular weight is 427 g/mol. The fraction of sp³-hybridized carbons (Fsp3) is 0.227. The summed E-state index contributed by atoms with van der Waals surface area (Å²) >= 11 is 1.37. The van der Waals surface area contributed by atoms with Gasteiger partial charge in [0.1, 0.15) is 11.5 Å². The van der Waals surface area contributed by atoms with Crippen LogP contribution in [0.15, 0.2) is 53.8 Å². The molecule has 2 aromatic carbocycles. The summed E-state index contributed by atoms with van der Waals surface area (Å²) in [5, 5.41) is 3.48. The van der Waals surface area contributed by atoms with Gasteiger partial charge >= 0.3 is 0 Å². The van der Waals surface area contributed by atoms with E-state index in [1.54, 1.807) is 23.7 Å². The van der Waals surface area contributed by atoms with Crippen LogP contribution in [-0.4, -0.2) is 46.1 Å². The van der Waals surface area contributed by atoms with Crippen LogP contribution in [0.1, 0.15) is 21.6 Å². The number of anilines is 1. The summed E-state index contributed by atoms with van der Waals surface area (Å²) in [5.41, 5.74) is 3.58. The molecule has 0 saturated heterocycles. The molecule has 0 radical (unpaired) electrons. The van der Waals surface area contributed by atoms with E-state index < -0.39 is 0 Å². The van der Waals surface area contributed by atoms with Gasteiger partial charge in [0.05, 0.1) is 12.7 Å². The van der Waals surface area contributed by atoms with Gasteiger partial charge in [-0.1, -0.05) is 30.0 Å². The minimum atomic E-state index is -0.363. The molecule has 0 spiro atoms. The van der Waals surface area contributed by atoms with Gasteiger partial charge in [0.25, 0.3) is 5.91 Å². The average Bonchev–Trinajstić information content (AvgIpc) is 3.15. The van der Waals surface area contributed by atoms with Gasteiger partial charge in [-0.05, 0) is 55.5 Å². The van der Waals surface area contributed by atoms with Gasteiger partial charge in [-0.15, -0.1) is 0 Å². The van der Waals surface area contributed by atoms with Gasteiger partial charge in [-0.3, -0.25) is 14.2 Å². The highest BCUT2D eigenvalue weighted by Gasteiger charge is 2.22. The van der Waals surface area contributed by atoms with E-state index in [9.17, 15) is 14.0 Å². The van der Waals surface area contributed by atoms with Crippen LogP contribution in [0.2, 0.25) is 0 Å². The Hall–Kier alpha value is -3.13. The Labute approximate surface area is 179 Å². The number of halogens is 1. The molecular formula is C22H23FN4O2S. The maximum Gasteiger partial charge on any atom is 0.272 e. The number of benzene rings is 2. The molecule has 0 fully saturated rings. The Balaban J connectivity index is 1.80. The molecule has 3 aromatic rings. The molecular weight excluding hydrogens is 403 g/mol. The molecule has 1 heterocycles. The lowest BCUT2D eigenvalue weighted by atomic mass is 10.1. The van der Waals surface area contributed by atoms with Crippen molar-refractivity contribution in [2.45, 2.75) is 19.0 Å². The number of thioether (sulfide) groups is 1. The lowest BCUT2D eigenvalue weighted by Gasteiger charge is -2.19. The van der Waals surface area contributed by atoms with Crippen molar-refractivity contribution in [2.75, 3.05) is 25.2 Å². The van der Waals surface area contributed by atoms with Gasteiger partial charge in [0.15, 0.2) is 5.16 Å². The summed E-state index contributed by atoms with van der Waals surface area (Å²) in [6.45, 7) is 3.72. The molecule has 156 valence electrons. The van der Waals surface area contributed by atoms with Crippen LogP contribution in [0.5, 0.6) is 0 Å². The van der Waals surface area contributed by atoms with Crippen LogP contribution in [0.25, 0.3) is 5.69 Å². The molecule has 0 unspecified atom stereocenters. The number of aromatic nitrogens is 2. The minimum Gasteiger partial charge on any atom is -0.331 e. The highest BCUT2D eigenvalue weighted by Crippen LogP contribution is 2.23. The molecule has 3 rings (SSSR count). The van der Waals surface area contributed by atoms with Crippen molar-refractivity contribution >= 4 is 29.3 Å². The van der Waals surface area contributed by atoms with Gasteiger partial charge < -0.3 is 10.2 Å². The highest BCUT2D eigenvalue weighted by atomic mass is 32.2. The Kier molecular flexibility index (Phi) is 6.56. The molecule has 0 aliphatic carbocycles. The molecule has 0 aliphatic rings. The summed E-state index contributed by atoms with van der Waals surface area (Å²) in [4.78, 5) is 31.2. The number of para-hydroxylation sites is 1. The summed E-state index contributed by atoms with van der Waals surface area (Å²) in [5.74, 6) is -1.01. The Morgan fingerprint density at radius 1 is 1.13 bits per heavy atom. The summed E-state index contributed by atoms with van der Waals surface area (Å²) in [6.07, 6.45) is 3.32. The molecule has 1 N–H and O–H groups in total. The molecule has 8 heteroatoms. The zero-order chi connectivity index (χ0) is 21.8. The third-order valence-corrected chi connectivity index (χ3v) is 5.34. The Morgan fingerprint density at radius 3 is 2.37 bits per heavy atom. The second-order valence-electron chi connectivity index (χ2n) is 6.92. The molecule has 0 aliphatic heterocycles. The van der Waals surface area contributed by atoms with Crippen LogP contribution in [0.3, 0.4) is 0 Å². The minimum absolute atomic E-state index is 0.115. The van der Waals surface area contributed by atoms with Crippen LogP contribution >= 0.6 is 11.8 Å². The van der Waals surface area contributed by atoms with E-state index in [1.165, 1.54) is 35.0 Å². The second kappa shape index (κ2) is 9.13. The van der Waals surface area contributed by atoms with E-state index in [0.29, 0.717) is 16.5 Å². The summed E-state index contributed by atoms with van der Waals surface area (Å²) in [7, 11) is 1.56. The maximum absolute atomic E-state index is 13.3. The highest BCUT2D eigenvalue weighted by molar-refractivity contribution is 7.98. The van der Waals surface area contributed by atoms with Gasteiger partial charge in [0, 0.05) is 18.4 Å². The van der Waals surface area contributed by atoms with Crippen LogP contribution in [0, 0.1) is 19.7 Å². The number of amides is 2. The van der Waals surface area contributed by atoms with E-state index in [0.717, 1.165) is 16.8 Å². The molecule has 2 amide bonds. The van der Waals surface area contributed by atoms with Crippen molar-refractivity contribution in [3.05, 3.63) is 71.3 Å². The first-order chi connectivity index (χ1) is 14.3. The predicted octanol–water partition coefficient (Wildman–Crippen LogP) is 4.06. The van der Waals surface area contributed by atoms with E-state index >= 15 is 0 Å². The van der Waals surface area contributed by atoms with Crippen LogP contribution in [-0.2, 0) is 4.79 Å². The number of rotatable bonds is 6. The van der Waals surface area contributed by atoms with Crippen LogP contribution in [0.4, 0.5) is 10.1 Å². The summed E-state index contributed by atoms with van der Waals surface area (Å²) < 4.78 is 15.0. The number of imidazole rings is 1. The number of hydrogen-bond donors (Lipinski definition) is 1. The molecule has 0 bridgehead atoms. The number of aryl methyl sites for hydroxylation is 2. The zero-order valence-corrected chi connectivity index (χ0v) is 18.1. The second-order valence-corrected chi connectivity index (χ2v) is 7.69. The first kappa shape index (κ1) is 21.6. The topological polar surface area (TPSA) is 67.2 Å². The Bertz CT molecular complexity index is 1060. The number of nitrogens with one attached hydrogen (secondary N) is 1. The van der Waals surface area contributed by atoms with Crippen molar-refractivity contribution in [3.8, 4) is 5.69 Å². The molecule has 1 aromatic heterocycles. The maximum atomic E-state index is 13.3.